The van der Waals surface area contributed by atoms with Gasteiger partial charge in [-0.25, -0.2) is 0 Å². The maximum Gasteiger partial charge on any atom is 0.226 e. The highest BCUT2D eigenvalue weighted by molar-refractivity contribution is 5.43. The Kier molecular flexibility index (Phi) is 2.99. The molecule has 2 aromatic rings. The number of nitrogen functional groups attached to an aromatic ring is 1. The van der Waals surface area contributed by atoms with Gasteiger partial charge in [-0.05, 0) is 24.3 Å². The van der Waals surface area contributed by atoms with Crippen molar-refractivity contribution in [1.82, 2.24) is 14.8 Å². The average molecular weight is 232 g/mol. The second-order valence-corrected chi connectivity index (χ2v) is 4.10. The lowest BCUT2D eigenvalue weighted by atomic mass is 10.2. The van der Waals surface area contributed by atoms with Crippen molar-refractivity contribution >= 4 is 5.95 Å². The smallest absolute Gasteiger partial charge is 0.226 e. The van der Waals surface area contributed by atoms with E-state index in [9.17, 15) is 0 Å². The number of methoxy groups -OCH3 is 1. The van der Waals surface area contributed by atoms with Crippen molar-refractivity contribution in [2.45, 2.75) is 19.8 Å². The van der Waals surface area contributed by atoms with Crippen LogP contribution in [0.3, 0.4) is 0 Å². The minimum Gasteiger partial charge on any atom is -0.497 e. The predicted molar refractivity (Wildman–Crippen MR) is 66.4 cm³/mol. The number of aromatic nitrogens is 3. The van der Waals surface area contributed by atoms with Crippen LogP contribution in [0.15, 0.2) is 24.3 Å². The van der Waals surface area contributed by atoms with Gasteiger partial charge >= 0.3 is 0 Å². The second-order valence-electron chi connectivity index (χ2n) is 4.10. The van der Waals surface area contributed by atoms with E-state index < -0.39 is 0 Å². The minimum absolute atomic E-state index is 0.266. The highest BCUT2D eigenvalue weighted by Gasteiger charge is 2.14. The molecule has 0 aliphatic heterocycles. The van der Waals surface area contributed by atoms with E-state index in [0.717, 1.165) is 17.3 Å². The standard InChI is InChI=1S/C12H16N4O/c1-8(2)11-14-15-12(13)16(11)9-4-6-10(17-3)7-5-9/h4-8H,1-3H3,(H2,13,15). The van der Waals surface area contributed by atoms with Crippen LogP contribution in [0.1, 0.15) is 25.6 Å². The number of hydrogen-bond donors (Lipinski definition) is 1. The lowest BCUT2D eigenvalue weighted by Gasteiger charge is -2.10. The summed E-state index contributed by atoms with van der Waals surface area (Å²) in [6.07, 6.45) is 0. The molecule has 1 heterocycles. The molecule has 0 amide bonds. The Morgan fingerprint density at radius 3 is 2.35 bits per heavy atom. The van der Waals surface area contributed by atoms with E-state index in [1.165, 1.54) is 0 Å². The van der Waals surface area contributed by atoms with Gasteiger partial charge in [0.15, 0.2) is 0 Å². The van der Waals surface area contributed by atoms with E-state index in [1.54, 1.807) is 7.11 Å². The summed E-state index contributed by atoms with van der Waals surface area (Å²) in [5.41, 5.74) is 6.78. The topological polar surface area (TPSA) is 66.0 Å². The third-order valence-corrected chi connectivity index (χ3v) is 2.56. The van der Waals surface area contributed by atoms with Crippen LogP contribution in [0.5, 0.6) is 5.75 Å². The SMILES string of the molecule is COc1ccc(-n2c(N)nnc2C(C)C)cc1. The van der Waals surface area contributed by atoms with Gasteiger partial charge in [0.05, 0.1) is 12.8 Å². The first-order valence-corrected chi connectivity index (χ1v) is 5.48. The summed E-state index contributed by atoms with van der Waals surface area (Å²) in [6.45, 7) is 4.12. The van der Waals surface area contributed by atoms with Gasteiger partial charge in [-0.1, -0.05) is 13.8 Å². The number of nitrogens with zero attached hydrogens (tertiary/aromatic N) is 3. The zero-order chi connectivity index (χ0) is 12.4. The molecule has 0 spiro atoms. The van der Waals surface area contributed by atoms with E-state index in [0.29, 0.717) is 5.95 Å². The summed E-state index contributed by atoms with van der Waals surface area (Å²) < 4.78 is 6.97. The van der Waals surface area contributed by atoms with Crippen LogP contribution >= 0.6 is 0 Å². The van der Waals surface area contributed by atoms with Gasteiger partial charge in [-0.2, -0.15) is 0 Å². The fourth-order valence-corrected chi connectivity index (χ4v) is 1.68. The molecule has 5 nitrogen and oxygen atoms in total. The van der Waals surface area contributed by atoms with Crippen molar-refractivity contribution in [3.63, 3.8) is 0 Å². The maximum atomic E-state index is 5.84. The van der Waals surface area contributed by atoms with Crippen molar-refractivity contribution < 1.29 is 4.74 Å². The third kappa shape index (κ3) is 2.08. The summed E-state index contributed by atoms with van der Waals surface area (Å²) in [5.74, 6) is 2.33. The molecule has 2 N–H and O–H groups in total. The summed E-state index contributed by atoms with van der Waals surface area (Å²) >= 11 is 0. The molecule has 90 valence electrons. The number of hydrogen-bond acceptors (Lipinski definition) is 4. The number of rotatable bonds is 3. The Morgan fingerprint density at radius 1 is 1.18 bits per heavy atom. The molecule has 0 aliphatic carbocycles. The summed E-state index contributed by atoms with van der Waals surface area (Å²) in [7, 11) is 1.64. The number of nitrogens with two attached hydrogens (primary N) is 1. The van der Waals surface area contributed by atoms with Crippen LogP contribution < -0.4 is 10.5 Å². The first kappa shape index (κ1) is 11.4. The van der Waals surface area contributed by atoms with Crippen molar-refractivity contribution in [2.75, 3.05) is 12.8 Å². The first-order chi connectivity index (χ1) is 8.13. The van der Waals surface area contributed by atoms with Crippen LogP contribution in [-0.2, 0) is 0 Å². The van der Waals surface area contributed by atoms with Crippen LogP contribution in [0.25, 0.3) is 5.69 Å². The van der Waals surface area contributed by atoms with Gasteiger partial charge in [0.2, 0.25) is 5.95 Å². The Balaban J connectivity index is 2.48. The highest BCUT2D eigenvalue weighted by atomic mass is 16.5. The first-order valence-electron chi connectivity index (χ1n) is 5.48. The molecule has 17 heavy (non-hydrogen) atoms. The molecular weight excluding hydrogens is 216 g/mol. The van der Waals surface area contributed by atoms with Crippen LogP contribution in [0.2, 0.25) is 0 Å². The minimum atomic E-state index is 0.266. The summed E-state index contributed by atoms with van der Waals surface area (Å²) in [6, 6.07) is 7.65. The zero-order valence-corrected chi connectivity index (χ0v) is 10.2. The highest BCUT2D eigenvalue weighted by Crippen LogP contribution is 2.22. The largest absolute Gasteiger partial charge is 0.497 e. The number of anilines is 1. The van der Waals surface area contributed by atoms with E-state index in [1.807, 2.05) is 28.8 Å². The molecule has 1 aromatic carbocycles. The Hall–Kier alpha value is -2.04. The summed E-state index contributed by atoms with van der Waals surface area (Å²) in [4.78, 5) is 0. The maximum absolute atomic E-state index is 5.84. The lowest BCUT2D eigenvalue weighted by Crippen LogP contribution is -2.06. The fraction of sp³-hybridized carbons (Fsp3) is 0.333. The van der Waals surface area contributed by atoms with Gasteiger partial charge in [-0.3, -0.25) is 4.57 Å². The van der Waals surface area contributed by atoms with Crippen molar-refractivity contribution in [1.29, 1.82) is 0 Å². The van der Waals surface area contributed by atoms with Gasteiger partial charge in [0, 0.05) is 5.92 Å². The van der Waals surface area contributed by atoms with Crippen LogP contribution in [-0.4, -0.2) is 21.9 Å². The third-order valence-electron chi connectivity index (χ3n) is 2.56. The predicted octanol–water partition coefficient (Wildman–Crippen LogP) is 1.98. The van der Waals surface area contributed by atoms with Crippen LogP contribution in [0, 0.1) is 0 Å². The molecule has 0 aliphatic rings. The normalized spacial score (nSPS) is 10.8. The Labute approximate surface area is 100 Å². The second kappa shape index (κ2) is 4.45. The molecule has 5 heteroatoms. The zero-order valence-electron chi connectivity index (χ0n) is 10.2. The number of benzene rings is 1. The van der Waals surface area contributed by atoms with E-state index >= 15 is 0 Å². The molecule has 0 saturated carbocycles. The van der Waals surface area contributed by atoms with Crippen molar-refractivity contribution in [3.8, 4) is 11.4 Å². The Morgan fingerprint density at radius 2 is 1.82 bits per heavy atom. The van der Waals surface area contributed by atoms with Gasteiger partial charge in [0.25, 0.3) is 0 Å². The van der Waals surface area contributed by atoms with Crippen LogP contribution in [0.4, 0.5) is 5.95 Å². The van der Waals surface area contributed by atoms with Gasteiger partial charge in [-0.15, -0.1) is 10.2 Å². The van der Waals surface area contributed by atoms with E-state index in [2.05, 4.69) is 24.0 Å². The summed E-state index contributed by atoms with van der Waals surface area (Å²) in [5, 5.41) is 8.01. The molecule has 0 saturated heterocycles. The molecule has 1 aromatic heterocycles. The van der Waals surface area contributed by atoms with Crippen molar-refractivity contribution in [2.24, 2.45) is 0 Å². The monoisotopic (exact) mass is 232 g/mol. The van der Waals surface area contributed by atoms with Crippen molar-refractivity contribution in [3.05, 3.63) is 30.1 Å². The van der Waals surface area contributed by atoms with Gasteiger partial charge < -0.3 is 10.5 Å². The van der Waals surface area contributed by atoms with Gasteiger partial charge in [0.1, 0.15) is 11.6 Å². The molecule has 0 atom stereocenters. The lowest BCUT2D eigenvalue weighted by molar-refractivity contribution is 0.414. The quantitative estimate of drug-likeness (QED) is 0.878. The molecule has 0 radical (unpaired) electrons. The molecule has 0 bridgehead atoms. The molecule has 0 fully saturated rings. The van der Waals surface area contributed by atoms with E-state index in [4.69, 9.17) is 10.5 Å². The fourth-order valence-electron chi connectivity index (χ4n) is 1.68. The number of ether oxygens (including phenoxy) is 1. The molecule has 2 rings (SSSR count). The Bertz CT molecular complexity index is 502. The van der Waals surface area contributed by atoms with E-state index in [-0.39, 0.29) is 5.92 Å². The average Bonchev–Trinajstić information content (AvgIpc) is 2.71. The molecule has 0 unspecified atom stereocenters. The molecular formula is C12H16N4O.